The largest absolute Gasteiger partial charge is 0.350 e. The van der Waals surface area contributed by atoms with Gasteiger partial charge in [0.15, 0.2) is 0 Å². The minimum absolute atomic E-state index is 0.0838. The highest BCUT2D eigenvalue weighted by Gasteiger charge is 2.15. The Bertz CT molecular complexity index is 662. The summed E-state index contributed by atoms with van der Waals surface area (Å²) in [5.74, 6) is -0.282. The number of hydrogen-bond acceptors (Lipinski definition) is 3. The number of nitrogens with one attached hydrogen (secondary N) is 1. The van der Waals surface area contributed by atoms with Crippen LogP contribution in [0.15, 0.2) is 12.3 Å². The molecule has 22 heavy (non-hydrogen) atoms. The lowest BCUT2D eigenvalue weighted by Crippen LogP contribution is -2.28. The molecular formula is C14H19F2N5O. The molecule has 0 aliphatic carbocycles. The van der Waals surface area contributed by atoms with E-state index in [1.165, 1.54) is 10.7 Å². The average Bonchev–Trinajstić information content (AvgIpc) is 3.00. The minimum atomic E-state index is -2.63. The number of carbonyl (C=O) groups excluding carboxylic acids is 1. The Morgan fingerprint density at radius 3 is 2.64 bits per heavy atom. The van der Waals surface area contributed by atoms with Crippen LogP contribution in [0.25, 0.3) is 0 Å². The fourth-order valence-corrected chi connectivity index (χ4v) is 2.17. The molecule has 0 spiro atoms. The van der Waals surface area contributed by atoms with Crippen molar-refractivity contribution in [3.05, 3.63) is 34.9 Å². The first-order valence-corrected chi connectivity index (χ1v) is 7.02. The zero-order valence-electron chi connectivity index (χ0n) is 12.8. The van der Waals surface area contributed by atoms with E-state index in [1.54, 1.807) is 13.1 Å². The summed E-state index contributed by atoms with van der Waals surface area (Å²) in [6.07, 6.45) is -0.918. The third-order valence-corrected chi connectivity index (χ3v) is 3.50. The molecule has 0 aromatic carbocycles. The first-order chi connectivity index (χ1) is 10.4. The van der Waals surface area contributed by atoms with Crippen LogP contribution in [0.2, 0.25) is 0 Å². The van der Waals surface area contributed by atoms with Crippen LogP contribution in [0, 0.1) is 13.8 Å². The van der Waals surface area contributed by atoms with Crippen LogP contribution in [0.3, 0.4) is 0 Å². The van der Waals surface area contributed by atoms with Gasteiger partial charge in [-0.2, -0.15) is 10.2 Å². The summed E-state index contributed by atoms with van der Waals surface area (Å²) in [6.45, 7) is 6.60. The topological polar surface area (TPSA) is 64.7 Å². The van der Waals surface area contributed by atoms with Gasteiger partial charge in [0.2, 0.25) is 5.91 Å². The Hall–Kier alpha value is -2.25. The van der Waals surface area contributed by atoms with E-state index in [2.05, 4.69) is 15.5 Å². The summed E-state index contributed by atoms with van der Waals surface area (Å²) in [5.41, 5.74) is 2.14. The normalized spacial score (nSPS) is 11.2. The van der Waals surface area contributed by atoms with Gasteiger partial charge in [0, 0.05) is 30.0 Å². The van der Waals surface area contributed by atoms with Gasteiger partial charge in [0.25, 0.3) is 6.43 Å². The fraction of sp³-hybridized carbons (Fsp3) is 0.500. The SMILES string of the molecule is CCn1ncc(CNC(=O)Cn2nc(C(F)F)cc2C)c1C. The van der Waals surface area contributed by atoms with Crippen LogP contribution in [-0.2, 0) is 24.4 Å². The molecule has 0 fully saturated rings. The van der Waals surface area contributed by atoms with E-state index < -0.39 is 6.43 Å². The second-order valence-corrected chi connectivity index (χ2v) is 5.02. The van der Waals surface area contributed by atoms with Gasteiger partial charge >= 0.3 is 0 Å². The molecule has 0 saturated heterocycles. The molecule has 2 aromatic rings. The number of hydrogen-bond donors (Lipinski definition) is 1. The number of alkyl halides is 2. The molecule has 2 heterocycles. The van der Waals surface area contributed by atoms with Crippen molar-refractivity contribution in [1.29, 1.82) is 0 Å². The monoisotopic (exact) mass is 311 g/mol. The second kappa shape index (κ2) is 6.67. The number of rotatable bonds is 6. The molecule has 1 amide bonds. The molecule has 0 bridgehead atoms. The smallest absolute Gasteiger partial charge is 0.282 e. The van der Waals surface area contributed by atoms with Crippen molar-refractivity contribution in [1.82, 2.24) is 24.9 Å². The molecule has 6 nitrogen and oxygen atoms in total. The van der Waals surface area contributed by atoms with E-state index in [0.29, 0.717) is 12.2 Å². The van der Waals surface area contributed by atoms with Crippen LogP contribution in [-0.4, -0.2) is 25.5 Å². The maximum absolute atomic E-state index is 12.6. The molecule has 2 rings (SSSR count). The van der Waals surface area contributed by atoms with Crippen molar-refractivity contribution in [2.24, 2.45) is 0 Å². The highest BCUT2D eigenvalue weighted by molar-refractivity contribution is 5.75. The van der Waals surface area contributed by atoms with Gasteiger partial charge in [0.1, 0.15) is 12.2 Å². The van der Waals surface area contributed by atoms with Crippen LogP contribution in [0.1, 0.15) is 36.0 Å². The van der Waals surface area contributed by atoms with E-state index >= 15 is 0 Å². The number of nitrogens with zero attached hydrogens (tertiary/aromatic N) is 4. The molecule has 0 aliphatic rings. The summed E-state index contributed by atoms with van der Waals surface area (Å²) in [4.78, 5) is 11.9. The molecular weight excluding hydrogens is 292 g/mol. The quantitative estimate of drug-likeness (QED) is 0.887. The van der Waals surface area contributed by atoms with Crippen molar-refractivity contribution in [3.8, 4) is 0 Å². The first-order valence-electron chi connectivity index (χ1n) is 7.02. The predicted octanol–water partition coefficient (Wildman–Crippen LogP) is 1.97. The molecule has 0 radical (unpaired) electrons. The zero-order chi connectivity index (χ0) is 16.3. The van der Waals surface area contributed by atoms with E-state index in [-0.39, 0.29) is 18.1 Å². The lowest BCUT2D eigenvalue weighted by atomic mass is 10.2. The number of halogens is 2. The molecule has 2 aromatic heterocycles. The Morgan fingerprint density at radius 2 is 2.09 bits per heavy atom. The van der Waals surface area contributed by atoms with Crippen molar-refractivity contribution in [3.63, 3.8) is 0 Å². The van der Waals surface area contributed by atoms with Crippen molar-refractivity contribution >= 4 is 5.91 Å². The molecule has 8 heteroatoms. The maximum atomic E-state index is 12.6. The molecule has 0 saturated carbocycles. The van der Waals surface area contributed by atoms with Crippen molar-refractivity contribution < 1.29 is 13.6 Å². The van der Waals surface area contributed by atoms with E-state index in [0.717, 1.165) is 17.8 Å². The number of aromatic nitrogens is 4. The second-order valence-electron chi connectivity index (χ2n) is 5.02. The van der Waals surface area contributed by atoms with Gasteiger partial charge in [-0.1, -0.05) is 0 Å². The highest BCUT2D eigenvalue weighted by Crippen LogP contribution is 2.17. The molecule has 120 valence electrons. The first kappa shape index (κ1) is 16.1. The molecule has 0 aliphatic heterocycles. The van der Waals surface area contributed by atoms with Gasteiger partial charge in [-0.05, 0) is 26.8 Å². The van der Waals surface area contributed by atoms with Crippen LogP contribution in [0.4, 0.5) is 8.78 Å². The van der Waals surface area contributed by atoms with E-state index in [1.807, 2.05) is 18.5 Å². The Kier molecular flexibility index (Phi) is 4.89. The van der Waals surface area contributed by atoms with Gasteiger partial charge in [-0.25, -0.2) is 8.78 Å². The maximum Gasteiger partial charge on any atom is 0.282 e. The Morgan fingerprint density at radius 1 is 1.36 bits per heavy atom. The molecule has 0 unspecified atom stereocenters. The summed E-state index contributed by atoms with van der Waals surface area (Å²) < 4.78 is 28.2. The standard InChI is InChI=1S/C14H19F2N5O/c1-4-20-10(3)11(7-18-20)6-17-13(22)8-21-9(2)5-12(19-21)14(15)16/h5,7,14H,4,6,8H2,1-3H3,(H,17,22). The summed E-state index contributed by atoms with van der Waals surface area (Å²) >= 11 is 0. The third-order valence-electron chi connectivity index (χ3n) is 3.50. The summed E-state index contributed by atoms with van der Waals surface area (Å²) in [5, 5.41) is 10.7. The Labute approximate surface area is 127 Å². The molecule has 0 atom stereocenters. The zero-order valence-corrected chi connectivity index (χ0v) is 12.8. The van der Waals surface area contributed by atoms with Gasteiger partial charge in [0.05, 0.1) is 6.20 Å². The Balaban J connectivity index is 1.94. The molecule has 1 N–H and O–H groups in total. The predicted molar refractivity (Wildman–Crippen MR) is 76.4 cm³/mol. The van der Waals surface area contributed by atoms with Crippen molar-refractivity contribution in [2.75, 3.05) is 0 Å². The van der Waals surface area contributed by atoms with Gasteiger partial charge in [-0.3, -0.25) is 14.2 Å². The van der Waals surface area contributed by atoms with E-state index in [4.69, 9.17) is 0 Å². The van der Waals surface area contributed by atoms with Gasteiger partial charge in [-0.15, -0.1) is 0 Å². The van der Waals surface area contributed by atoms with Crippen LogP contribution < -0.4 is 5.32 Å². The minimum Gasteiger partial charge on any atom is -0.350 e. The highest BCUT2D eigenvalue weighted by atomic mass is 19.3. The van der Waals surface area contributed by atoms with Crippen molar-refractivity contribution in [2.45, 2.75) is 46.8 Å². The summed E-state index contributed by atoms with van der Waals surface area (Å²) in [7, 11) is 0. The van der Waals surface area contributed by atoms with E-state index in [9.17, 15) is 13.6 Å². The lowest BCUT2D eigenvalue weighted by Gasteiger charge is -2.07. The average molecular weight is 311 g/mol. The number of aryl methyl sites for hydroxylation is 2. The third kappa shape index (κ3) is 3.49. The van der Waals surface area contributed by atoms with Crippen LogP contribution >= 0.6 is 0 Å². The fourth-order valence-electron chi connectivity index (χ4n) is 2.17. The summed E-state index contributed by atoms with van der Waals surface area (Å²) in [6, 6.07) is 1.29. The van der Waals surface area contributed by atoms with Gasteiger partial charge < -0.3 is 5.32 Å². The van der Waals surface area contributed by atoms with Crippen LogP contribution in [0.5, 0.6) is 0 Å². The number of carbonyl (C=O) groups is 1. The lowest BCUT2D eigenvalue weighted by molar-refractivity contribution is -0.122. The number of amides is 1.